The summed E-state index contributed by atoms with van der Waals surface area (Å²) >= 11 is 3.43. The fraction of sp³-hybridized carbons (Fsp3) is 0.381. The monoisotopic (exact) mass is 477 g/mol. The molecule has 6 nitrogen and oxygen atoms in total. The zero-order valence-electron chi connectivity index (χ0n) is 16.3. The van der Waals surface area contributed by atoms with Crippen molar-refractivity contribution in [3.05, 3.63) is 64.1 Å². The molecule has 154 valence electrons. The standard InChI is InChI=1S/C21H24BrN3O3S/c1-24-11-13-25(14-12-24)29(27,28)19-4-2-3-16(15-19)20(26)23-21(9-10-21)17-5-7-18(22)8-6-17/h2-8,15H,9-14H2,1H3,(H,23,26). The Morgan fingerprint density at radius 2 is 1.69 bits per heavy atom. The van der Waals surface area contributed by atoms with Gasteiger partial charge >= 0.3 is 0 Å². The first-order valence-electron chi connectivity index (χ1n) is 9.68. The van der Waals surface area contributed by atoms with Crippen LogP contribution < -0.4 is 5.32 Å². The van der Waals surface area contributed by atoms with Crippen molar-refractivity contribution in [1.82, 2.24) is 14.5 Å². The van der Waals surface area contributed by atoms with Crippen molar-refractivity contribution < 1.29 is 13.2 Å². The lowest BCUT2D eigenvalue weighted by Crippen LogP contribution is -2.47. The topological polar surface area (TPSA) is 69.7 Å². The normalized spacial score (nSPS) is 19.7. The molecular formula is C21H24BrN3O3S. The molecule has 1 heterocycles. The highest BCUT2D eigenvalue weighted by molar-refractivity contribution is 9.10. The third kappa shape index (κ3) is 4.26. The highest BCUT2D eigenvalue weighted by atomic mass is 79.9. The van der Waals surface area contributed by atoms with Gasteiger partial charge in [0, 0.05) is 36.2 Å². The number of halogens is 1. The second-order valence-corrected chi connectivity index (χ2v) is 10.6. The number of carbonyl (C=O) groups excluding carboxylic acids is 1. The minimum absolute atomic E-state index is 0.170. The number of hydrogen-bond acceptors (Lipinski definition) is 4. The van der Waals surface area contributed by atoms with E-state index in [1.807, 2.05) is 31.3 Å². The molecule has 0 spiro atoms. The Kier molecular flexibility index (Phi) is 5.54. The Labute approximate surface area is 180 Å². The van der Waals surface area contributed by atoms with Crippen LogP contribution in [0.4, 0.5) is 0 Å². The smallest absolute Gasteiger partial charge is 0.252 e. The number of likely N-dealkylation sites (N-methyl/N-ethyl adjacent to an activating group) is 1. The van der Waals surface area contributed by atoms with Crippen LogP contribution in [0.5, 0.6) is 0 Å². The van der Waals surface area contributed by atoms with Gasteiger partial charge in [-0.15, -0.1) is 0 Å². The van der Waals surface area contributed by atoms with Crippen LogP contribution >= 0.6 is 15.9 Å². The van der Waals surface area contributed by atoms with Crippen molar-refractivity contribution in [1.29, 1.82) is 0 Å². The number of nitrogens with one attached hydrogen (secondary N) is 1. The lowest BCUT2D eigenvalue weighted by Gasteiger charge is -2.31. The van der Waals surface area contributed by atoms with E-state index in [1.54, 1.807) is 18.2 Å². The molecule has 0 radical (unpaired) electrons. The number of nitrogens with zero attached hydrogens (tertiary/aromatic N) is 2. The number of rotatable bonds is 5. The Morgan fingerprint density at radius 1 is 1.03 bits per heavy atom. The molecule has 2 aromatic rings. The Bertz CT molecular complexity index is 1010. The van der Waals surface area contributed by atoms with Crippen LogP contribution in [0.15, 0.2) is 57.9 Å². The SMILES string of the molecule is CN1CCN(S(=O)(=O)c2cccc(C(=O)NC3(c4ccc(Br)cc4)CC3)c2)CC1. The Morgan fingerprint density at radius 3 is 2.31 bits per heavy atom. The van der Waals surface area contributed by atoms with Gasteiger partial charge in [-0.05, 0) is 55.8 Å². The van der Waals surface area contributed by atoms with E-state index in [4.69, 9.17) is 0 Å². The first kappa shape index (κ1) is 20.5. The molecule has 0 atom stereocenters. The minimum Gasteiger partial charge on any atom is -0.343 e. The number of sulfonamides is 1. The summed E-state index contributed by atoms with van der Waals surface area (Å²) in [5.41, 5.74) is 1.07. The van der Waals surface area contributed by atoms with Crippen LogP contribution in [-0.2, 0) is 15.6 Å². The van der Waals surface area contributed by atoms with Crippen LogP contribution in [0, 0.1) is 0 Å². The zero-order valence-corrected chi connectivity index (χ0v) is 18.7. The molecule has 0 unspecified atom stereocenters. The summed E-state index contributed by atoms with van der Waals surface area (Å²) in [5.74, 6) is -0.249. The summed E-state index contributed by atoms with van der Waals surface area (Å²) in [6, 6.07) is 14.3. The molecule has 8 heteroatoms. The van der Waals surface area contributed by atoms with E-state index >= 15 is 0 Å². The van der Waals surface area contributed by atoms with E-state index in [1.165, 1.54) is 10.4 Å². The van der Waals surface area contributed by atoms with Crippen molar-refractivity contribution >= 4 is 31.9 Å². The highest BCUT2D eigenvalue weighted by Gasteiger charge is 2.45. The van der Waals surface area contributed by atoms with E-state index < -0.39 is 10.0 Å². The fourth-order valence-electron chi connectivity index (χ4n) is 3.64. The number of carbonyl (C=O) groups is 1. The van der Waals surface area contributed by atoms with Gasteiger partial charge in [0.2, 0.25) is 10.0 Å². The molecule has 4 rings (SSSR count). The minimum atomic E-state index is -3.61. The molecule has 2 fully saturated rings. The van der Waals surface area contributed by atoms with Gasteiger partial charge in [0.1, 0.15) is 0 Å². The summed E-state index contributed by atoms with van der Waals surface area (Å²) < 4.78 is 28.5. The highest BCUT2D eigenvalue weighted by Crippen LogP contribution is 2.45. The molecule has 0 aromatic heterocycles. The third-order valence-corrected chi connectivity index (χ3v) is 8.12. The van der Waals surface area contributed by atoms with Gasteiger partial charge in [-0.25, -0.2) is 8.42 Å². The first-order valence-corrected chi connectivity index (χ1v) is 11.9. The summed E-state index contributed by atoms with van der Waals surface area (Å²) in [7, 11) is -1.62. The van der Waals surface area contributed by atoms with E-state index in [-0.39, 0.29) is 16.3 Å². The number of amides is 1. The molecule has 1 amide bonds. The molecule has 1 saturated carbocycles. The predicted octanol–water partition coefficient (Wildman–Crippen LogP) is 2.80. The molecule has 2 aromatic carbocycles. The third-order valence-electron chi connectivity index (χ3n) is 5.70. The van der Waals surface area contributed by atoms with E-state index in [9.17, 15) is 13.2 Å². The van der Waals surface area contributed by atoms with Gasteiger partial charge in [-0.1, -0.05) is 34.1 Å². The number of benzene rings is 2. The van der Waals surface area contributed by atoms with Crippen LogP contribution in [-0.4, -0.2) is 56.8 Å². The molecule has 1 N–H and O–H groups in total. The van der Waals surface area contributed by atoms with Crippen molar-refractivity contribution in [2.24, 2.45) is 0 Å². The van der Waals surface area contributed by atoms with Crippen molar-refractivity contribution in [3.63, 3.8) is 0 Å². The molecule has 0 bridgehead atoms. The Balaban J connectivity index is 1.53. The average Bonchev–Trinajstić information content (AvgIpc) is 3.49. The fourth-order valence-corrected chi connectivity index (χ4v) is 5.38. The molecule has 29 heavy (non-hydrogen) atoms. The average molecular weight is 478 g/mol. The van der Waals surface area contributed by atoms with Gasteiger partial charge in [-0.3, -0.25) is 4.79 Å². The Hall–Kier alpha value is -1.74. The van der Waals surface area contributed by atoms with Crippen molar-refractivity contribution in [2.75, 3.05) is 33.2 Å². The molecule has 1 saturated heterocycles. The van der Waals surface area contributed by atoms with Crippen LogP contribution in [0.1, 0.15) is 28.8 Å². The van der Waals surface area contributed by atoms with Crippen LogP contribution in [0.3, 0.4) is 0 Å². The summed E-state index contributed by atoms with van der Waals surface area (Å²) in [6.45, 7) is 2.33. The van der Waals surface area contributed by atoms with Gasteiger partial charge < -0.3 is 10.2 Å². The second-order valence-electron chi connectivity index (χ2n) is 7.78. The summed E-state index contributed by atoms with van der Waals surface area (Å²) in [6.07, 6.45) is 1.75. The lowest BCUT2D eigenvalue weighted by molar-refractivity contribution is 0.0930. The maximum Gasteiger partial charge on any atom is 0.252 e. The molecule has 1 aliphatic heterocycles. The second kappa shape index (κ2) is 7.83. The quantitative estimate of drug-likeness (QED) is 0.718. The number of piperazine rings is 1. The number of hydrogen-bond donors (Lipinski definition) is 1. The maximum absolute atomic E-state index is 13.0. The van der Waals surface area contributed by atoms with Gasteiger partial charge in [0.25, 0.3) is 5.91 Å². The van der Waals surface area contributed by atoms with Gasteiger partial charge in [0.15, 0.2) is 0 Å². The molecule has 1 aliphatic carbocycles. The predicted molar refractivity (Wildman–Crippen MR) is 115 cm³/mol. The maximum atomic E-state index is 13.0. The van der Waals surface area contributed by atoms with Crippen molar-refractivity contribution in [3.8, 4) is 0 Å². The van der Waals surface area contributed by atoms with Crippen molar-refractivity contribution in [2.45, 2.75) is 23.3 Å². The lowest BCUT2D eigenvalue weighted by atomic mass is 10.0. The van der Waals surface area contributed by atoms with Crippen LogP contribution in [0.25, 0.3) is 0 Å². The van der Waals surface area contributed by atoms with E-state index in [0.29, 0.717) is 31.7 Å². The summed E-state index contributed by atoms with van der Waals surface area (Å²) in [5, 5.41) is 3.11. The van der Waals surface area contributed by atoms with E-state index in [2.05, 4.69) is 26.1 Å². The molecular weight excluding hydrogens is 454 g/mol. The molecule has 2 aliphatic rings. The summed E-state index contributed by atoms with van der Waals surface area (Å²) in [4.78, 5) is 15.2. The largest absolute Gasteiger partial charge is 0.343 e. The van der Waals surface area contributed by atoms with Gasteiger partial charge in [0.05, 0.1) is 10.4 Å². The zero-order chi connectivity index (χ0) is 20.6. The van der Waals surface area contributed by atoms with E-state index in [0.717, 1.165) is 22.9 Å². The first-order chi connectivity index (χ1) is 13.8. The van der Waals surface area contributed by atoms with Crippen LogP contribution in [0.2, 0.25) is 0 Å². The van der Waals surface area contributed by atoms with Gasteiger partial charge in [-0.2, -0.15) is 4.31 Å².